The van der Waals surface area contributed by atoms with Crippen molar-refractivity contribution in [1.82, 2.24) is 4.90 Å². The summed E-state index contributed by atoms with van der Waals surface area (Å²) in [5, 5.41) is 8.95. The molecule has 1 N–H and O–H groups in total. The van der Waals surface area contributed by atoms with Crippen LogP contribution < -0.4 is 0 Å². The predicted octanol–water partition coefficient (Wildman–Crippen LogP) is 2.61. The molecule has 1 saturated heterocycles. The van der Waals surface area contributed by atoms with Gasteiger partial charge in [-0.25, -0.2) is 0 Å². The van der Waals surface area contributed by atoms with E-state index >= 15 is 0 Å². The molecule has 0 aromatic heterocycles. The predicted molar refractivity (Wildman–Crippen MR) is 65.5 cm³/mol. The molecule has 0 saturated carbocycles. The Morgan fingerprint density at radius 1 is 1.44 bits per heavy atom. The Hall–Kier alpha value is -0.570. The third kappa shape index (κ3) is 4.12. The van der Waals surface area contributed by atoms with Crippen molar-refractivity contribution in [3.8, 4) is 0 Å². The van der Waals surface area contributed by atoms with Gasteiger partial charge in [0.05, 0.1) is 6.42 Å². The van der Waals surface area contributed by atoms with E-state index in [4.69, 9.17) is 5.11 Å². The van der Waals surface area contributed by atoms with Gasteiger partial charge in [-0.05, 0) is 17.8 Å². The van der Waals surface area contributed by atoms with Crippen molar-refractivity contribution < 1.29 is 9.90 Å². The summed E-state index contributed by atoms with van der Waals surface area (Å²) in [6.07, 6.45) is 2.47. The molecule has 1 atom stereocenters. The van der Waals surface area contributed by atoms with Crippen LogP contribution in [0.4, 0.5) is 0 Å². The van der Waals surface area contributed by atoms with Crippen LogP contribution in [-0.4, -0.2) is 35.1 Å². The highest BCUT2D eigenvalue weighted by atomic mass is 16.4. The normalized spacial score (nSPS) is 20.5. The third-order valence-electron chi connectivity index (χ3n) is 3.34. The molecule has 0 aromatic rings. The van der Waals surface area contributed by atoms with Crippen molar-refractivity contribution in [2.45, 2.75) is 53.0 Å². The highest BCUT2D eigenvalue weighted by Crippen LogP contribution is 2.30. The zero-order valence-corrected chi connectivity index (χ0v) is 11.0. The molecule has 16 heavy (non-hydrogen) atoms. The number of likely N-dealkylation sites (tertiary alicyclic amines) is 1. The molecule has 0 amide bonds. The summed E-state index contributed by atoms with van der Waals surface area (Å²) < 4.78 is 0. The van der Waals surface area contributed by atoms with Crippen LogP contribution in [-0.2, 0) is 4.79 Å². The molecule has 0 bridgehead atoms. The summed E-state index contributed by atoms with van der Waals surface area (Å²) >= 11 is 0. The van der Waals surface area contributed by atoms with Crippen LogP contribution in [0.2, 0.25) is 0 Å². The van der Waals surface area contributed by atoms with Crippen LogP contribution >= 0.6 is 0 Å². The average molecular weight is 227 g/mol. The lowest BCUT2D eigenvalue weighted by Gasteiger charge is -2.45. The van der Waals surface area contributed by atoms with E-state index in [-0.39, 0.29) is 17.9 Å². The standard InChI is InChI=1S/C13H25NO2/c1-5-10-8-14(9-10)11(6-12(15)16)7-13(2,3)4/h10-11H,5-9H2,1-4H3,(H,15,16). The number of aliphatic carboxylic acids is 1. The lowest BCUT2D eigenvalue weighted by Crippen LogP contribution is -2.53. The van der Waals surface area contributed by atoms with Gasteiger partial charge in [0.2, 0.25) is 0 Å². The van der Waals surface area contributed by atoms with Crippen molar-refractivity contribution >= 4 is 5.97 Å². The number of rotatable bonds is 5. The van der Waals surface area contributed by atoms with E-state index in [1.165, 1.54) is 6.42 Å². The van der Waals surface area contributed by atoms with E-state index < -0.39 is 5.97 Å². The number of nitrogens with zero attached hydrogens (tertiary/aromatic N) is 1. The third-order valence-corrected chi connectivity index (χ3v) is 3.34. The molecule has 1 rings (SSSR count). The Morgan fingerprint density at radius 3 is 2.38 bits per heavy atom. The number of hydrogen-bond donors (Lipinski definition) is 1. The van der Waals surface area contributed by atoms with Gasteiger partial charge in [-0.3, -0.25) is 9.69 Å². The molecular formula is C13H25NO2. The minimum atomic E-state index is -0.672. The van der Waals surface area contributed by atoms with Gasteiger partial charge in [0.25, 0.3) is 0 Å². The Bertz CT molecular complexity index is 239. The van der Waals surface area contributed by atoms with Gasteiger partial charge >= 0.3 is 5.97 Å². The lowest BCUT2D eigenvalue weighted by molar-refractivity contribution is -0.139. The van der Waals surface area contributed by atoms with Crippen LogP contribution in [0, 0.1) is 11.3 Å². The summed E-state index contributed by atoms with van der Waals surface area (Å²) in [7, 11) is 0. The first kappa shape index (κ1) is 13.5. The first-order chi connectivity index (χ1) is 7.31. The van der Waals surface area contributed by atoms with E-state index in [0.29, 0.717) is 0 Å². The van der Waals surface area contributed by atoms with Crippen LogP contribution in [0.1, 0.15) is 47.0 Å². The second-order valence-corrected chi connectivity index (χ2v) is 6.24. The molecule has 0 radical (unpaired) electrons. The molecular weight excluding hydrogens is 202 g/mol. The number of carboxylic acids is 1. The number of carboxylic acid groups (broad SMARTS) is 1. The molecule has 1 aliphatic heterocycles. The van der Waals surface area contributed by atoms with Crippen molar-refractivity contribution in [2.75, 3.05) is 13.1 Å². The SMILES string of the molecule is CCC1CN(C(CC(=O)O)CC(C)(C)C)C1. The Kier molecular flexibility index (Phi) is 4.36. The van der Waals surface area contributed by atoms with Gasteiger partial charge in [-0.15, -0.1) is 0 Å². The van der Waals surface area contributed by atoms with Gasteiger partial charge in [-0.2, -0.15) is 0 Å². The Balaban J connectivity index is 2.49. The maximum Gasteiger partial charge on any atom is 0.304 e. The van der Waals surface area contributed by atoms with E-state index in [9.17, 15) is 4.79 Å². The van der Waals surface area contributed by atoms with Crippen LogP contribution in [0.25, 0.3) is 0 Å². The molecule has 1 unspecified atom stereocenters. The molecule has 0 spiro atoms. The maximum atomic E-state index is 10.9. The van der Waals surface area contributed by atoms with Gasteiger partial charge < -0.3 is 5.11 Å². The fourth-order valence-corrected chi connectivity index (χ4v) is 2.40. The molecule has 0 aromatic carbocycles. The molecule has 1 fully saturated rings. The minimum absolute atomic E-state index is 0.206. The van der Waals surface area contributed by atoms with Crippen LogP contribution in [0.15, 0.2) is 0 Å². The molecule has 3 nitrogen and oxygen atoms in total. The summed E-state index contributed by atoms with van der Waals surface area (Å²) in [6.45, 7) is 10.9. The second-order valence-electron chi connectivity index (χ2n) is 6.24. The molecule has 0 aliphatic carbocycles. The van der Waals surface area contributed by atoms with Crippen LogP contribution in [0.5, 0.6) is 0 Å². The highest BCUT2D eigenvalue weighted by Gasteiger charge is 2.34. The fourth-order valence-electron chi connectivity index (χ4n) is 2.40. The molecule has 1 aliphatic rings. The zero-order chi connectivity index (χ0) is 12.3. The van der Waals surface area contributed by atoms with Gasteiger partial charge in [0.15, 0.2) is 0 Å². The summed E-state index contributed by atoms with van der Waals surface area (Å²) in [5.41, 5.74) is 0.206. The Morgan fingerprint density at radius 2 is 2.00 bits per heavy atom. The van der Waals surface area contributed by atoms with E-state index in [0.717, 1.165) is 25.4 Å². The quantitative estimate of drug-likeness (QED) is 0.785. The molecule has 3 heteroatoms. The average Bonchev–Trinajstić information content (AvgIpc) is 1.96. The topological polar surface area (TPSA) is 40.5 Å². The second kappa shape index (κ2) is 5.17. The van der Waals surface area contributed by atoms with Gasteiger partial charge in [0, 0.05) is 19.1 Å². The summed E-state index contributed by atoms with van der Waals surface area (Å²) in [4.78, 5) is 13.2. The highest BCUT2D eigenvalue weighted by molar-refractivity contribution is 5.67. The minimum Gasteiger partial charge on any atom is -0.481 e. The van der Waals surface area contributed by atoms with Gasteiger partial charge in [0.1, 0.15) is 0 Å². The van der Waals surface area contributed by atoms with Gasteiger partial charge in [-0.1, -0.05) is 34.1 Å². The van der Waals surface area contributed by atoms with E-state index in [1.807, 2.05) is 0 Å². The number of hydrogen-bond acceptors (Lipinski definition) is 2. The zero-order valence-electron chi connectivity index (χ0n) is 11.0. The van der Waals surface area contributed by atoms with Crippen LogP contribution in [0.3, 0.4) is 0 Å². The Labute approximate surface area is 98.8 Å². The molecule has 94 valence electrons. The maximum absolute atomic E-state index is 10.9. The monoisotopic (exact) mass is 227 g/mol. The van der Waals surface area contributed by atoms with Crippen molar-refractivity contribution in [3.05, 3.63) is 0 Å². The smallest absolute Gasteiger partial charge is 0.304 e. The van der Waals surface area contributed by atoms with Crippen molar-refractivity contribution in [3.63, 3.8) is 0 Å². The lowest BCUT2D eigenvalue weighted by atomic mass is 9.83. The van der Waals surface area contributed by atoms with E-state index in [2.05, 4.69) is 32.6 Å². The fraction of sp³-hybridized carbons (Fsp3) is 0.923. The van der Waals surface area contributed by atoms with E-state index in [1.54, 1.807) is 0 Å². The largest absolute Gasteiger partial charge is 0.481 e. The van der Waals surface area contributed by atoms with Crippen molar-refractivity contribution in [2.24, 2.45) is 11.3 Å². The summed E-state index contributed by atoms with van der Waals surface area (Å²) in [5.74, 6) is 0.116. The number of carbonyl (C=O) groups is 1. The first-order valence-electron chi connectivity index (χ1n) is 6.27. The van der Waals surface area contributed by atoms with Crippen molar-refractivity contribution in [1.29, 1.82) is 0 Å². The first-order valence-corrected chi connectivity index (χ1v) is 6.27. The summed E-state index contributed by atoms with van der Waals surface area (Å²) in [6, 6.07) is 0.222. The molecule has 1 heterocycles.